The number of aryl methyl sites for hydroxylation is 3. The van der Waals surface area contributed by atoms with Crippen molar-refractivity contribution < 1.29 is 5.11 Å². The highest BCUT2D eigenvalue weighted by Gasteiger charge is 2.13. The van der Waals surface area contributed by atoms with Crippen LogP contribution in [0.3, 0.4) is 0 Å². The van der Waals surface area contributed by atoms with E-state index < -0.39 is 0 Å². The highest BCUT2D eigenvalue weighted by molar-refractivity contribution is 5.67. The van der Waals surface area contributed by atoms with E-state index in [1.165, 1.54) is 24.0 Å². The topological polar surface area (TPSA) is 58.9 Å². The summed E-state index contributed by atoms with van der Waals surface area (Å²) >= 11 is 0. The van der Waals surface area contributed by atoms with E-state index in [2.05, 4.69) is 55.0 Å². The highest BCUT2D eigenvalue weighted by atomic mass is 16.3. The number of aromatic hydroxyl groups is 1. The van der Waals surface area contributed by atoms with Crippen molar-refractivity contribution in [3.05, 3.63) is 59.4 Å². The molecule has 0 saturated carbocycles. The highest BCUT2D eigenvalue weighted by Crippen LogP contribution is 2.30. The second kappa shape index (κ2) is 11.6. The van der Waals surface area contributed by atoms with Crippen molar-refractivity contribution >= 4 is 0 Å². The van der Waals surface area contributed by atoms with Crippen LogP contribution in [0.1, 0.15) is 76.0 Å². The zero-order chi connectivity index (χ0) is 22.1. The molecule has 0 atom stereocenters. The van der Waals surface area contributed by atoms with Crippen molar-refractivity contribution in [2.75, 3.05) is 0 Å². The first-order valence-corrected chi connectivity index (χ1v) is 11.8. The standard InChI is InChI=1S/C27H35N3O/c1-4-7-10-20-13-15-23(22(17-20)12-9-6-3)26-28-19-29-27(30-26)24-16-14-21(11-8-5-2)18-25(24)31/h13-19,31H,4-12H2,1-3H3. The smallest absolute Gasteiger partial charge is 0.167 e. The summed E-state index contributed by atoms with van der Waals surface area (Å²) in [4.78, 5) is 13.6. The SMILES string of the molecule is CCCCc1ccc(-c2ncnc(-c3ccc(CCCC)cc3CCCC)n2)c(O)c1. The molecule has 0 aliphatic heterocycles. The molecule has 0 radical (unpaired) electrons. The monoisotopic (exact) mass is 417 g/mol. The Morgan fingerprint density at radius 2 is 1.23 bits per heavy atom. The molecule has 0 aliphatic rings. The van der Waals surface area contributed by atoms with Crippen molar-refractivity contribution in [2.24, 2.45) is 0 Å². The van der Waals surface area contributed by atoms with E-state index in [0.29, 0.717) is 17.2 Å². The fourth-order valence-corrected chi connectivity index (χ4v) is 3.83. The zero-order valence-electron chi connectivity index (χ0n) is 19.2. The number of hydrogen-bond acceptors (Lipinski definition) is 4. The summed E-state index contributed by atoms with van der Waals surface area (Å²) in [5.41, 5.74) is 5.54. The molecule has 0 fully saturated rings. The quantitative estimate of drug-likeness (QED) is 0.367. The Bertz CT molecular complexity index is 984. The van der Waals surface area contributed by atoms with Crippen molar-refractivity contribution in [1.82, 2.24) is 15.0 Å². The summed E-state index contributed by atoms with van der Waals surface area (Å²) in [6, 6.07) is 12.5. The Labute approximate surface area is 186 Å². The van der Waals surface area contributed by atoms with E-state index in [4.69, 9.17) is 4.98 Å². The molecule has 0 amide bonds. The maximum atomic E-state index is 10.6. The van der Waals surface area contributed by atoms with Gasteiger partial charge in [0.25, 0.3) is 0 Å². The Balaban J connectivity index is 1.93. The van der Waals surface area contributed by atoms with Crippen molar-refractivity contribution in [3.8, 4) is 28.5 Å². The molecule has 31 heavy (non-hydrogen) atoms. The summed E-state index contributed by atoms with van der Waals surface area (Å²) in [5, 5.41) is 10.6. The van der Waals surface area contributed by atoms with E-state index >= 15 is 0 Å². The van der Waals surface area contributed by atoms with Crippen LogP contribution in [0.25, 0.3) is 22.8 Å². The van der Waals surface area contributed by atoms with Gasteiger partial charge in [0.1, 0.15) is 12.1 Å². The Kier molecular flexibility index (Phi) is 8.57. The van der Waals surface area contributed by atoms with Gasteiger partial charge in [0, 0.05) is 5.56 Å². The average Bonchev–Trinajstić information content (AvgIpc) is 2.80. The predicted octanol–water partition coefficient (Wildman–Crippen LogP) is 6.94. The molecule has 1 N–H and O–H groups in total. The van der Waals surface area contributed by atoms with Gasteiger partial charge in [-0.1, -0.05) is 64.3 Å². The van der Waals surface area contributed by atoms with E-state index in [1.807, 2.05) is 12.1 Å². The van der Waals surface area contributed by atoms with E-state index in [0.717, 1.165) is 56.1 Å². The fraction of sp³-hybridized carbons (Fsp3) is 0.444. The molecule has 4 heteroatoms. The van der Waals surface area contributed by atoms with Crippen LogP contribution in [0, 0.1) is 0 Å². The van der Waals surface area contributed by atoms with Crippen LogP contribution in [-0.2, 0) is 19.3 Å². The van der Waals surface area contributed by atoms with Gasteiger partial charge in [0.15, 0.2) is 11.6 Å². The second-order valence-electron chi connectivity index (χ2n) is 8.29. The van der Waals surface area contributed by atoms with E-state index in [1.54, 1.807) is 6.33 Å². The lowest BCUT2D eigenvalue weighted by Crippen LogP contribution is -2.00. The van der Waals surface area contributed by atoms with Crippen LogP contribution in [-0.4, -0.2) is 20.1 Å². The van der Waals surface area contributed by atoms with Crippen LogP contribution in [0.2, 0.25) is 0 Å². The number of phenols is 1. The molecule has 3 rings (SSSR count). The average molecular weight is 418 g/mol. The van der Waals surface area contributed by atoms with Gasteiger partial charge >= 0.3 is 0 Å². The zero-order valence-corrected chi connectivity index (χ0v) is 19.2. The van der Waals surface area contributed by atoms with Gasteiger partial charge < -0.3 is 5.11 Å². The third kappa shape index (κ3) is 6.13. The van der Waals surface area contributed by atoms with Gasteiger partial charge in [0.05, 0.1) is 5.56 Å². The maximum Gasteiger partial charge on any atom is 0.167 e. The molecule has 0 aliphatic carbocycles. The molecule has 1 heterocycles. The minimum atomic E-state index is 0.229. The molecule has 2 aromatic carbocycles. The molecule has 0 spiro atoms. The van der Waals surface area contributed by atoms with Crippen LogP contribution < -0.4 is 0 Å². The molecule has 1 aromatic heterocycles. The van der Waals surface area contributed by atoms with Gasteiger partial charge in [-0.25, -0.2) is 15.0 Å². The van der Waals surface area contributed by atoms with Gasteiger partial charge in [-0.05, 0) is 67.3 Å². The van der Waals surface area contributed by atoms with Crippen molar-refractivity contribution in [1.29, 1.82) is 0 Å². The molecule has 0 bridgehead atoms. The first-order valence-electron chi connectivity index (χ1n) is 11.8. The summed E-state index contributed by atoms with van der Waals surface area (Å²) in [7, 11) is 0. The van der Waals surface area contributed by atoms with E-state index in [9.17, 15) is 5.11 Å². The first-order chi connectivity index (χ1) is 15.2. The van der Waals surface area contributed by atoms with Gasteiger partial charge in [-0.2, -0.15) is 0 Å². The summed E-state index contributed by atoms with van der Waals surface area (Å²) in [5.74, 6) is 1.42. The van der Waals surface area contributed by atoms with Crippen molar-refractivity contribution in [3.63, 3.8) is 0 Å². The number of phenolic OH excluding ortho intramolecular Hbond substituents is 1. The van der Waals surface area contributed by atoms with Gasteiger partial charge in [0.2, 0.25) is 0 Å². The number of unbranched alkanes of at least 4 members (excludes halogenated alkanes) is 3. The minimum absolute atomic E-state index is 0.229. The number of aromatic nitrogens is 3. The molecule has 0 saturated heterocycles. The van der Waals surface area contributed by atoms with Crippen LogP contribution in [0.15, 0.2) is 42.7 Å². The molecule has 0 unspecified atom stereocenters. The number of rotatable bonds is 11. The summed E-state index contributed by atoms with van der Waals surface area (Å²) in [6.45, 7) is 6.62. The lowest BCUT2D eigenvalue weighted by atomic mass is 9.96. The summed E-state index contributed by atoms with van der Waals surface area (Å²) in [6.07, 6.45) is 11.6. The third-order valence-electron chi connectivity index (χ3n) is 5.72. The molecular formula is C27H35N3O. The second-order valence-corrected chi connectivity index (χ2v) is 8.29. The molecule has 3 aromatic rings. The van der Waals surface area contributed by atoms with E-state index in [-0.39, 0.29) is 5.75 Å². The lowest BCUT2D eigenvalue weighted by molar-refractivity contribution is 0.476. The third-order valence-corrected chi connectivity index (χ3v) is 5.72. The van der Waals surface area contributed by atoms with Crippen molar-refractivity contribution in [2.45, 2.75) is 78.6 Å². The fourth-order valence-electron chi connectivity index (χ4n) is 3.83. The molecular weight excluding hydrogens is 382 g/mol. The lowest BCUT2D eigenvalue weighted by Gasteiger charge is -2.12. The van der Waals surface area contributed by atoms with Crippen LogP contribution >= 0.6 is 0 Å². The van der Waals surface area contributed by atoms with Gasteiger partial charge in [-0.3, -0.25) is 0 Å². The molecule has 4 nitrogen and oxygen atoms in total. The minimum Gasteiger partial charge on any atom is -0.507 e. The van der Waals surface area contributed by atoms with Gasteiger partial charge in [-0.15, -0.1) is 0 Å². The number of nitrogens with zero attached hydrogens (tertiary/aromatic N) is 3. The largest absolute Gasteiger partial charge is 0.507 e. The first kappa shape index (κ1) is 22.9. The number of hydrogen-bond donors (Lipinski definition) is 1. The Morgan fingerprint density at radius 3 is 1.84 bits per heavy atom. The van der Waals surface area contributed by atoms with Crippen LogP contribution in [0.4, 0.5) is 0 Å². The molecule has 164 valence electrons. The predicted molar refractivity (Wildman–Crippen MR) is 128 cm³/mol. The normalized spacial score (nSPS) is 11.1. The Morgan fingerprint density at radius 1 is 0.677 bits per heavy atom. The summed E-state index contributed by atoms with van der Waals surface area (Å²) < 4.78 is 0. The Hall–Kier alpha value is -2.75. The number of benzene rings is 2. The maximum absolute atomic E-state index is 10.6. The van der Waals surface area contributed by atoms with Crippen LogP contribution in [0.5, 0.6) is 5.75 Å².